The number of aromatic amines is 1. The van der Waals surface area contributed by atoms with E-state index in [1.807, 2.05) is 6.07 Å². The summed E-state index contributed by atoms with van der Waals surface area (Å²) in [4.78, 5) is 23.7. The number of nitrogens with zero attached hydrogens (tertiary/aromatic N) is 1. The van der Waals surface area contributed by atoms with E-state index >= 15 is 0 Å². The van der Waals surface area contributed by atoms with E-state index in [4.69, 9.17) is 19.6 Å². The van der Waals surface area contributed by atoms with Crippen molar-refractivity contribution in [3.05, 3.63) is 71.0 Å². The van der Waals surface area contributed by atoms with E-state index in [0.29, 0.717) is 28.5 Å². The zero-order valence-corrected chi connectivity index (χ0v) is 17.5. The van der Waals surface area contributed by atoms with Crippen molar-refractivity contribution in [1.29, 1.82) is 5.41 Å². The molecule has 0 amide bonds. The molecular weight excluding hydrogens is 398 g/mol. The Bertz CT molecular complexity index is 1110. The summed E-state index contributed by atoms with van der Waals surface area (Å²) < 4.78 is 16.2. The number of H-pyrrole nitrogens is 1. The first-order valence-electron chi connectivity index (χ1n) is 9.54. The molecule has 0 bridgehead atoms. The van der Waals surface area contributed by atoms with Crippen molar-refractivity contribution in [2.45, 2.75) is 19.3 Å². The van der Waals surface area contributed by atoms with Crippen molar-refractivity contribution in [1.82, 2.24) is 10.2 Å². The van der Waals surface area contributed by atoms with Gasteiger partial charge in [-0.3, -0.25) is 9.89 Å². The van der Waals surface area contributed by atoms with Crippen LogP contribution in [-0.2, 0) is 9.53 Å². The van der Waals surface area contributed by atoms with Crippen LogP contribution in [0.25, 0.3) is 0 Å². The molecule has 8 nitrogen and oxygen atoms in total. The van der Waals surface area contributed by atoms with Crippen molar-refractivity contribution in [2.24, 2.45) is 0 Å². The lowest BCUT2D eigenvalue weighted by Crippen LogP contribution is -2.08. The van der Waals surface area contributed by atoms with Gasteiger partial charge in [-0.15, -0.1) is 0 Å². The number of aromatic nitrogens is 2. The number of hydrogen-bond donors (Lipinski definition) is 2. The van der Waals surface area contributed by atoms with Gasteiger partial charge in [-0.2, -0.15) is 5.10 Å². The van der Waals surface area contributed by atoms with Crippen LogP contribution in [0.15, 0.2) is 48.7 Å². The molecule has 0 spiro atoms. The minimum absolute atomic E-state index is 0.0149. The third-order valence-electron chi connectivity index (χ3n) is 4.78. The molecule has 1 heterocycles. The quantitative estimate of drug-likeness (QED) is 0.397. The summed E-state index contributed by atoms with van der Waals surface area (Å²) in [5.41, 5.74) is 2.43. The Morgan fingerprint density at radius 1 is 1.16 bits per heavy atom. The monoisotopic (exact) mass is 421 g/mol. The van der Waals surface area contributed by atoms with Crippen molar-refractivity contribution in [3.8, 4) is 17.2 Å². The van der Waals surface area contributed by atoms with E-state index in [-0.39, 0.29) is 18.1 Å². The summed E-state index contributed by atoms with van der Waals surface area (Å²) in [6.45, 7) is 1.53. The minimum atomic E-state index is -0.457. The number of ether oxygens (including phenoxy) is 3. The highest BCUT2D eigenvalue weighted by Crippen LogP contribution is 2.37. The lowest BCUT2D eigenvalue weighted by molar-refractivity contribution is -0.117. The molecule has 3 aromatic rings. The first kappa shape index (κ1) is 21.8. The molecule has 160 valence electrons. The number of carbonyl (C=O) groups excluding carboxylic acids is 2. The van der Waals surface area contributed by atoms with Crippen LogP contribution in [0.3, 0.4) is 0 Å². The Labute approximate surface area is 179 Å². The molecule has 3 rings (SSSR count). The van der Waals surface area contributed by atoms with Crippen molar-refractivity contribution in [2.75, 3.05) is 14.2 Å². The van der Waals surface area contributed by atoms with Gasteiger partial charge in [-0.05, 0) is 42.8 Å². The zero-order chi connectivity index (χ0) is 22.4. The molecule has 1 aromatic heterocycles. The number of rotatable bonds is 9. The predicted octanol–water partition coefficient (Wildman–Crippen LogP) is 4.11. The van der Waals surface area contributed by atoms with Crippen molar-refractivity contribution < 1.29 is 23.8 Å². The van der Waals surface area contributed by atoms with E-state index in [0.717, 1.165) is 17.3 Å². The minimum Gasteiger partial charge on any atom is -0.493 e. The van der Waals surface area contributed by atoms with Crippen LogP contribution in [0.1, 0.15) is 46.4 Å². The SMILES string of the molecule is COC(=O)c1cccc(Oc2ccc(C(CC(C)=O)c3c[nH]nc3C=N)cc2OC)c1. The van der Waals surface area contributed by atoms with Crippen LogP contribution >= 0.6 is 0 Å². The maximum atomic E-state index is 11.9. The number of ketones is 1. The second-order valence-corrected chi connectivity index (χ2v) is 6.86. The van der Waals surface area contributed by atoms with Gasteiger partial charge in [0.05, 0.1) is 19.8 Å². The second kappa shape index (κ2) is 9.71. The van der Waals surface area contributed by atoms with Gasteiger partial charge in [0, 0.05) is 30.3 Å². The van der Waals surface area contributed by atoms with Crippen molar-refractivity contribution >= 4 is 18.0 Å². The standard InChI is InChI=1S/C23H23N3O5/c1-14(27)9-18(19-13-25-26-20(19)12-24)15-7-8-21(22(11-15)29-2)31-17-6-4-5-16(10-17)23(28)30-3/h4-8,10-13,18,24H,9H2,1-3H3,(H,25,26). The summed E-state index contributed by atoms with van der Waals surface area (Å²) in [6.07, 6.45) is 3.11. The van der Waals surface area contributed by atoms with E-state index in [1.165, 1.54) is 21.1 Å². The van der Waals surface area contributed by atoms with Gasteiger partial charge in [-0.1, -0.05) is 12.1 Å². The number of esters is 1. The maximum absolute atomic E-state index is 11.9. The summed E-state index contributed by atoms with van der Waals surface area (Å²) in [5.74, 6) is 0.639. The summed E-state index contributed by atoms with van der Waals surface area (Å²) >= 11 is 0. The molecule has 2 aromatic carbocycles. The summed E-state index contributed by atoms with van der Waals surface area (Å²) in [6, 6.07) is 12.0. The Morgan fingerprint density at radius 2 is 1.97 bits per heavy atom. The molecule has 1 atom stereocenters. The molecule has 8 heteroatoms. The first-order valence-corrected chi connectivity index (χ1v) is 9.54. The average molecular weight is 421 g/mol. The zero-order valence-electron chi connectivity index (χ0n) is 17.5. The van der Waals surface area contributed by atoms with Gasteiger partial charge in [0.25, 0.3) is 0 Å². The van der Waals surface area contributed by atoms with Crippen LogP contribution in [0.5, 0.6) is 17.2 Å². The van der Waals surface area contributed by atoms with Gasteiger partial charge in [0.2, 0.25) is 0 Å². The highest BCUT2D eigenvalue weighted by Gasteiger charge is 2.22. The fourth-order valence-corrected chi connectivity index (χ4v) is 3.32. The lowest BCUT2D eigenvalue weighted by atomic mass is 9.87. The first-order chi connectivity index (χ1) is 15.0. The summed E-state index contributed by atoms with van der Waals surface area (Å²) in [5, 5.41) is 14.4. The Morgan fingerprint density at radius 3 is 2.65 bits per heavy atom. The number of methoxy groups -OCH3 is 2. The molecule has 0 aliphatic carbocycles. The maximum Gasteiger partial charge on any atom is 0.337 e. The van der Waals surface area contributed by atoms with E-state index in [2.05, 4.69) is 10.2 Å². The fraction of sp³-hybridized carbons (Fsp3) is 0.217. The van der Waals surface area contributed by atoms with Crippen LogP contribution < -0.4 is 9.47 Å². The molecule has 0 saturated heterocycles. The summed E-state index contributed by atoms with van der Waals surface area (Å²) in [7, 11) is 2.84. The molecule has 31 heavy (non-hydrogen) atoms. The third-order valence-corrected chi connectivity index (χ3v) is 4.78. The topological polar surface area (TPSA) is 114 Å². The number of carbonyl (C=O) groups is 2. The Balaban J connectivity index is 1.95. The molecular formula is C23H23N3O5. The third kappa shape index (κ3) is 4.98. The van der Waals surface area contributed by atoms with Crippen molar-refractivity contribution in [3.63, 3.8) is 0 Å². The Hall–Kier alpha value is -3.94. The van der Waals surface area contributed by atoms with Gasteiger partial charge >= 0.3 is 5.97 Å². The molecule has 0 radical (unpaired) electrons. The second-order valence-electron chi connectivity index (χ2n) is 6.86. The predicted molar refractivity (Wildman–Crippen MR) is 114 cm³/mol. The molecule has 1 unspecified atom stereocenters. The average Bonchev–Trinajstić information content (AvgIpc) is 3.26. The number of nitrogens with one attached hydrogen (secondary N) is 2. The highest BCUT2D eigenvalue weighted by molar-refractivity contribution is 5.89. The largest absolute Gasteiger partial charge is 0.493 e. The van der Waals surface area contributed by atoms with Crippen LogP contribution in [-0.4, -0.2) is 42.4 Å². The van der Waals surface area contributed by atoms with E-state index in [1.54, 1.807) is 42.6 Å². The van der Waals surface area contributed by atoms with E-state index < -0.39 is 5.97 Å². The molecule has 0 aliphatic rings. The van der Waals surface area contributed by atoms with Gasteiger partial charge in [0.15, 0.2) is 11.5 Å². The smallest absolute Gasteiger partial charge is 0.337 e. The number of Topliss-reactive ketones (excluding diaryl/α,β-unsaturated/α-hetero) is 1. The van der Waals surface area contributed by atoms with E-state index in [9.17, 15) is 9.59 Å². The Kier molecular flexibility index (Phi) is 6.81. The van der Waals surface area contributed by atoms with Gasteiger partial charge in [-0.25, -0.2) is 4.79 Å². The van der Waals surface area contributed by atoms with Crippen LogP contribution in [0, 0.1) is 5.41 Å². The van der Waals surface area contributed by atoms with Gasteiger partial charge in [0.1, 0.15) is 17.2 Å². The molecule has 2 N–H and O–H groups in total. The number of hydrogen-bond acceptors (Lipinski definition) is 7. The highest BCUT2D eigenvalue weighted by atomic mass is 16.5. The molecule has 0 saturated carbocycles. The number of benzene rings is 2. The molecule has 0 fully saturated rings. The van der Waals surface area contributed by atoms with Crippen LogP contribution in [0.2, 0.25) is 0 Å². The lowest BCUT2D eigenvalue weighted by Gasteiger charge is -2.18. The normalized spacial score (nSPS) is 11.5. The van der Waals surface area contributed by atoms with Crippen LogP contribution in [0.4, 0.5) is 0 Å². The molecule has 0 aliphatic heterocycles. The fourth-order valence-electron chi connectivity index (χ4n) is 3.32. The van der Waals surface area contributed by atoms with Gasteiger partial charge < -0.3 is 19.6 Å².